The van der Waals surface area contributed by atoms with Gasteiger partial charge in [0.1, 0.15) is 0 Å². The Labute approximate surface area is 134 Å². The highest BCUT2D eigenvalue weighted by Crippen LogP contribution is 2.23. The molecule has 1 unspecified atom stereocenters. The van der Waals surface area contributed by atoms with Gasteiger partial charge in [-0.05, 0) is 11.1 Å². The third-order valence-corrected chi connectivity index (χ3v) is 8.23. The Morgan fingerprint density at radius 3 is 2.09 bits per heavy atom. The van der Waals surface area contributed by atoms with Crippen molar-refractivity contribution in [2.24, 2.45) is 0 Å². The molecule has 0 amide bonds. The fraction of sp³-hybridized carbons (Fsp3) is 0.200. The van der Waals surface area contributed by atoms with Crippen molar-refractivity contribution in [3.63, 3.8) is 0 Å². The van der Waals surface area contributed by atoms with E-state index in [2.05, 4.69) is 67.7 Å². The number of aliphatic hydroxyl groups is 1. The van der Waals surface area contributed by atoms with E-state index in [4.69, 9.17) is 0 Å². The first-order valence-electron chi connectivity index (χ1n) is 7.71. The van der Waals surface area contributed by atoms with Crippen LogP contribution < -0.4 is 5.19 Å². The molecular formula is C20H24OSi. The molecule has 0 radical (unpaired) electrons. The lowest BCUT2D eigenvalue weighted by Gasteiger charge is -2.29. The van der Waals surface area contributed by atoms with E-state index < -0.39 is 8.07 Å². The van der Waals surface area contributed by atoms with Crippen molar-refractivity contribution in [3.8, 4) is 0 Å². The molecule has 114 valence electrons. The van der Waals surface area contributed by atoms with Crippen molar-refractivity contribution in [3.05, 3.63) is 84.5 Å². The minimum absolute atomic E-state index is 0.198. The zero-order valence-electron chi connectivity index (χ0n) is 13.3. The molecule has 2 rings (SSSR count). The van der Waals surface area contributed by atoms with Gasteiger partial charge >= 0.3 is 0 Å². The quantitative estimate of drug-likeness (QED) is 0.625. The summed E-state index contributed by atoms with van der Waals surface area (Å²) in [5.74, 6) is 0. The van der Waals surface area contributed by atoms with Crippen LogP contribution >= 0.6 is 0 Å². The predicted octanol–water partition coefficient (Wildman–Crippen LogP) is 4.23. The van der Waals surface area contributed by atoms with Crippen molar-refractivity contribution in [1.82, 2.24) is 0 Å². The molecule has 22 heavy (non-hydrogen) atoms. The number of hydrogen-bond acceptors (Lipinski definition) is 1. The van der Waals surface area contributed by atoms with Crippen LogP contribution in [0.25, 0.3) is 6.08 Å². The third kappa shape index (κ3) is 4.29. The van der Waals surface area contributed by atoms with Crippen molar-refractivity contribution in [1.29, 1.82) is 0 Å². The Morgan fingerprint density at radius 1 is 0.909 bits per heavy atom. The number of rotatable bonds is 6. The molecule has 1 nitrogen and oxygen atoms in total. The Balaban J connectivity index is 2.08. The highest BCUT2D eigenvalue weighted by Gasteiger charge is 2.31. The molecule has 0 bridgehead atoms. The SMILES string of the molecule is C[Si](C)(c1ccccc1)C(/C=C/C=C/c1ccccc1)CO. The zero-order valence-corrected chi connectivity index (χ0v) is 14.3. The molecule has 1 N–H and O–H groups in total. The van der Waals surface area contributed by atoms with Gasteiger partial charge in [-0.15, -0.1) is 0 Å². The smallest absolute Gasteiger partial charge is 0.0898 e. The number of benzene rings is 2. The maximum absolute atomic E-state index is 9.80. The fourth-order valence-corrected chi connectivity index (χ4v) is 5.07. The molecule has 2 aromatic rings. The van der Waals surface area contributed by atoms with Crippen LogP contribution in [-0.2, 0) is 0 Å². The summed E-state index contributed by atoms with van der Waals surface area (Å²) in [7, 11) is -1.71. The molecule has 0 saturated heterocycles. The van der Waals surface area contributed by atoms with Gasteiger partial charge in [0.2, 0.25) is 0 Å². The molecule has 0 saturated carbocycles. The van der Waals surface area contributed by atoms with Crippen LogP contribution in [0.15, 0.2) is 78.9 Å². The highest BCUT2D eigenvalue weighted by molar-refractivity contribution is 6.91. The summed E-state index contributed by atoms with van der Waals surface area (Å²) in [6.07, 6.45) is 8.35. The second kappa shape index (κ2) is 7.92. The number of hydrogen-bond donors (Lipinski definition) is 1. The maximum atomic E-state index is 9.80. The molecule has 0 fully saturated rings. The monoisotopic (exact) mass is 308 g/mol. The van der Waals surface area contributed by atoms with Gasteiger partial charge in [0.05, 0.1) is 8.07 Å². The van der Waals surface area contributed by atoms with E-state index in [0.717, 1.165) is 0 Å². The number of allylic oxidation sites excluding steroid dienone is 2. The molecule has 0 aromatic heterocycles. The summed E-state index contributed by atoms with van der Waals surface area (Å²) in [6, 6.07) is 20.8. The van der Waals surface area contributed by atoms with Crippen LogP contribution in [0.2, 0.25) is 18.6 Å². The molecule has 0 heterocycles. The van der Waals surface area contributed by atoms with E-state index in [1.807, 2.05) is 30.3 Å². The van der Waals surface area contributed by atoms with E-state index in [-0.39, 0.29) is 12.1 Å². The second-order valence-corrected chi connectivity index (χ2v) is 10.8. The first kappa shape index (κ1) is 16.5. The maximum Gasteiger partial charge on any atom is 0.0898 e. The van der Waals surface area contributed by atoms with Gasteiger partial charge in [-0.3, -0.25) is 0 Å². The normalized spacial score (nSPS) is 13.8. The summed E-state index contributed by atoms with van der Waals surface area (Å²) in [5.41, 5.74) is 1.41. The van der Waals surface area contributed by atoms with E-state index in [1.165, 1.54) is 10.8 Å². The topological polar surface area (TPSA) is 20.2 Å². The average molecular weight is 308 g/mol. The minimum Gasteiger partial charge on any atom is -0.396 e. The van der Waals surface area contributed by atoms with Crippen LogP contribution in [0.3, 0.4) is 0 Å². The summed E-state index contributed by atoms with van der Waals surface area (Å²) >= 11 is 0. The molecule has 0 aliphatic carbocycles. The Morgan fingerprint density at radius 2 is 1.50 bits per heavy atom. The van der Waals surface area contributed by atoms with Crippen LogP contribution in [-0.4, -0.2) is 19.8 Å². The van der Waals surface area contributed by atoms with Gasteiger partial charge in [0.25, 0.3) is 0 Å². The third-order valence-electron chi connectivity index (χ3n) is 4.18. The Hall–Kier alpha value is -1.90. The molecule has 0 aliphatic heterocycles. The van der Waals surface area contributed by atoms with Crippen molar-refractivity contribution < 1.29 is 5.11 Å². The average Bonchev–Trinajstić information content (AvgIpc) is 2.56. The van der Waals surface area contributed by atoms with Gasteiger partial charge in [0.15, 0.2) is 0 Å². The van der Waals surface area contributed by atoms with Crippen molar-refractivity contribution in [2.75, 3.05) is 6.61 Å². The van der Waals surface area contributed by atoms with E-state index >= 15 is 0 Å². The summed E-state index contributed by atoms with van der Waals surface area (Å²) in [6.45, 7) is 4.83. The summed E-state index contributed by atoms with van der Waals surface area (Å²) in [4.78, 5) is 0. The molecule has 2 aromatic carbocycles. The first-order valence-corrected chi connectivity index (χ1v) is 10.8. The zero-order chi connectivity index (χ0) is 15.8. The van der Waals surface area contributed by atoms with E-state index in [1.54, 1.807) is 0 Å². The van der Waals surface area contributed by atoms with Crippen molar-refractivity contribution >= 4 is 19.3 Å². The van der Waals surface area contributed by atoms with Crippen LogP contribution in [0.5, 0.6) is 0 Å². The van der Waals surface area contributed by atoms with Crippen LogP contribution in [0.4, 0.5) is 0 Å². The molecular weight excluding hydrogens is 284 g/mol. The standard InChI is InChI=1S/C20H24OSi/c1-22(2,19-14-7-4-8-15-19)20(17-21)16-10-9-13-18-11-5-3-6-12-18/h3-16,20-21H,17H2,1-2H3/b13-9+,16-10+. The van der Waals surface area contributed by atoms with E-state index in [9.17, 15) is 5.11 Å². The van der Waals surface area contributed by atoms with Gasteiger partial charge in [-0.2, -0.15) is 0 Å². The minimum atomic E-state index is -1.71. The predicted molar refractivity (Wildman–Crippen MR) is 99.0 cm³/mol. The fourth-order valence-electron chi connectivity index (χ4n) is 2.54. The van der Waals surface area contributed by atoms with Gasteiger partial charge in [-0.25, -0.2) is 0 Å². The van der Waals surface area contributed by atoms with Gasteiger partial charge in [-0.1, -0.05) is 103 Å². The van der Waals surface area contributed by atoms with E-state index in [0.29, 0.717) is 0 Å². The largest absolute Gasteiger partial charge is 0.396 e. The number of aliphatic hydroxyl groups excluding tert-OH is 1. The first-order chi connectivity index (χ1) is 10.6. The Kier molecular flexibility index (Phi) is 5.93. The van der Waals surface area contributed by atoms with Crippen LogP contribution in [0, 0.1) is 0 Å². The second-order valence-electron chi connectivity index (χ2n) is 6.03. The lowest BCUT2D eigenvalue weighted by Crippen LogP contribution is -2.46. The molecule has 1 atom stereocenters. The van der Waals surface area contributed by atoms with Gasteiger partial charge in [0, 0.05) is 6.61 Å². The van der Waals surface area contributed by atoms with Crippen LogP contribution in [0.1, 0.15) is 5.56 Å². The summed E-state index contributed by atoms with van der Waals surface area (Å²) in [5, 5.41) is 11.2. The lowest BCUT2D eigenvalue weighted by molar-refractivity contribution is 0.300. The Bertz CT molecular complexity index is 615. The molecule has 0 aliphatic rings. The molecule has 2 heteroatoms. The molecule has 0 spiro atoms. The highest BCUT2D eigenvalue weighted by atomic mass is 28.3. The van der Waals surface area contributed by atoms with Gasteiger partial charge < -0.3 is 5.11 Å². The summed E-state index contributed by atoms with van der Waals surface area (Å²) < 4.78 is 0. The van der Waals surface area contributed by atoms with Crippen molar-refractivity contribution in [2.45, 2.75) is 18.6 Å². The lowest BCUT2D eigenvalue weighted by atomic mass is 10.2.